The van der Waals surface area contributed by atoms with Crippen molar-refractivity contribution in [1.29, 1.82) is 0 Å². The molecule has 0 fully saturated rings. The molecule has 130 valence electrons. The number of hydrogen-bond donors (Lipinski definition) is 3. The molecule has 24 heavy (non-hydrogen) atoms. The highest BCUT2D eigenvalue weighted by molar-refractivity contribution is 8.93. The van der Waals surface area contributed by atoms with Crippen LogP contribution < -0.4 is 14.8 Å². The molecule has 0 amide bonds. The topological polar surface area (TPSA) is 71.0 Å². The third-order valence-electron chi connectivity index (χ3n) is 4.18. The molecule has 3 rings (SSSR count). The highest BCUT2D eigenvalue weighted by atomic mass is 79.9. The fourth-order valence-electron chi connectivity index (χ4n) is 3.08. The lowest BCUT2D eigenvalue weighted by Crippen LogP contribution is -2.29. The Bertz CT molecular complexity index is 754. The molecule has 0 aliphatic carbocycles. The summed E-state index contributed by atoms with van der Waals surface area (Å²) in [6.45, 7) is 1.10. The van der Waals surface area contributed by atoms with Gasteiger partial charge in [-0.3, -0.25) is 0 Å². The van der Waals surface area contributed by atoms with Crippen LogP contribution in [0.15, 0.2) is 24.3 Å². The Labute approximate surface area is 149 Å². The normalized spacial score (nSPS) is 16.0. The maximum Gasteiger partial charge on any atom is 0.165 e. The molecule has 7 heteroatoms. The van der Waals surface area contributed by atoms with Crippen LogP contribution in [0.2, 0.25) is 0 Å². The summed E-state index contributed by atoms with van der Waals surface area (Å²) in [7, 11) is 3.13. The number of fused-ring (bicyclic) bond motifs is 1. The van der Waals surface area contributed by atoms with Gasteiger partial charge >= 0.3 is 0 Å². The Hall–Kier alpha value is -1.99. The highest BCUT2D eigenvalue weighted by Gasteiger charge is 2.28. The minimum atomic E-state index is -0.560. The molecule has 0 bridgehead atoms. The van der Waals surface area contributed by atoms with E-state index in [4.69, 9.17) is 9.47 Å². The van der Waals surface area contributed by atoms with Crippen LogP contribution in [0.3, 0.4) is 0 Å². The number of halogens is 2. The van der Waals surface area contributed by atoms with E-state index in [0.29, 0.717) is 30.2 Å². The van der Waals surface area contributed by atoms with E-state index in [1.807, 2.05) is 6.07 Å². The standard InChI is InChI=1S/C17H18FNO4.BrH/c1-22-16-4-3-9-11(7-19-8-12(9)17(16)23-2)10-5-14(20)15(21)6-13(10)18;/h3-6,11,19-21H,7-8H2,1-2H3;1H. The van der Waals surface area contributed by atoms with Gasteiger partial charge in [-0.05, 0) is 17.7 Å². The first kappa shape index (κ1) is 18.4. The molecule has 2 aromatic rings. The van der Waals surface area contributed by atoms with Crippen LogP contribution in [0.1, 0.15) is 22.6 Å². The molecule has 0 saturated heterocycles. The van der Waals surface area contributed by atoms with Gasteiger partial charge in [0.2, 0.25) is 0 Å². The van der Waals surface area contributed by atoms with Gasteiger partial charge in [0.1, 0.15) is 5.82 Å². The average Bonchev–Trinajstić information content (AvgIpc) is 2.56. The molecule has 0 saturated carbocycles. The van der Waals surface area contributed by atoms with Gasteiger partial charge in [-0.15, -0.1) is 17.0 Å². The molecule has 0 aromatic heterocycles. The van der Waals surface area contributed by atoms with Gasteiger partial charge in [-0.1, -0.05) is 6.07 Å². The van der Waals surface area contributed by atoms with E-state index >= 15 is 0 Å². The Kier molecular flexibility index (Phi) is 5.56. The summed E-state index contributed by atoms with van der Waals surface area (Å²) >= 11 is 0. The second-order valence-corrected chi connectivity index (χ2v) is 5.41. The van der Waals surface area contributed by atoms with E-state index in [2.05, 4.69) is 5.32 Å². The number of benzene rings is 2. The minimum absolute atomic E-state index is 0. The Morgan fingerprint density at radius 2 is 1.79 bits per heavy atom. The minimum Gasteiger partial charge on any atom is -0.504 e. The zero-order valence-corrected chi connectivity index (χ0v) is 15.0. The number of phenolic OH excluding ortho intramolecular Hbond substituents is 2. The first-order chi connectivity index (χ1) is 11.1. The van der Waals surface area contributed by atoms with E-state index in [0.717, 1.165) is 17.2 Å². The summed E-state index contributed by atoms with van der Waals surface area (Å²) in [5.41, 5.74) is 2.13. The zero-order valence-electron chi connectivity index (χ0n) is 13.3. The summed E-state index contributed by atoms with van der Waals surface area (Å²) < 4.78 is 25.0. The number of ether oxygens (including phenoxy) is 2. The smallest absolute Gasteiger partial charge is 0.165 e. The number of methoxy groups -OCH3 is 2. The first-order valence-electron chi connectivity index (χ1n) is 7.22. The summed E-state index contributed by atoms with van der Waals surface area (Å²) in [5.74, 6) is -0.440. The predicted molar refractivity (Wildman–Crippen MR) is 93.1 cm³/mol. The maximum atomic E-state index is 14.3. The number of phenols is 2. The van der Waals surface area contributed by atoms with Gasteiger partial charge in [0.25, 0.3) is 0 Å². The van der Waals surface area contributed by atoms with Gasteiger partial charge in [0.15, 0.2) is 23.0 Å². The van der Waals surface area contributed by atoms with Crippen molar-refractivity contribution >= 4 is 17.0 Å². The molecule has 1 unspecified atom stereocenters. The number of aromatic hydroxyl groups is 2. The molecular formula is C17H19BrFNO4. The van der Waals surface area contributed by atoms with Crippen LogP contribution in [0.25, 0.3) is 0 Å². The lowest BCUT2D eigenvalue weighted by molar-refractivity contribution is 0.347. The average molecular weight is 400 g/mol. The van der Waals surface area contributed by atoms with Crippen molar-refractivity contribution in [3.8, 4) is 23.0 Å². The maximum absolute atomic E-state index is 14.3. The molecule has 0 radical (unpaired) electrons. The SMILES string of the molecule is Br.COc1ccc2c(c1OC)CNCC2c1cc(O)c(O)cc1F. The number of nitrogens with one attached hydrogen (secondary N) is 1. The number of rotatable bonds is 3. The molecule has 0 spiro atoms. The summed E-state index contributed by atoms with van der Waals surface area (Å²) in [5, 5.41) is 22.4. The van der Waals surface area contributed by atoms with Crippen LogP contribution in [0.4, 0.5) is 4.39 Å². The Morgan fingerprint density at radius 3 is 2.46 bits per heavy atom. The van der Waals surface area contributed by atoms with Crippen molar-refractivity contribution < 1.29 is 24.1 Å². The van der Waals surface area contributed by atoms with E-state index in [-0.39, 0.29) is 28.6 Å². The van der Waals surface area contributed by atoms with E-state index in [1.54, 1.807) is 20.3 Å². The Balaban J connectivity index is 0.00000208. The molecule has 2 aromatic carbocycles. The third kappa shape index (κ3) is 3.01. The van der Waals surface area contributed by atoms with Crippen LogP contribution >= 0.6 is 17.0 Å². The molecule has 1 aliphatic heterocycles. The van der Waals surface area contributed by atoms with Gasteiger partial charge in [-0.2, -0.15) is 0 Å². The zero-order chi connectivity index (χ0) is 16.6. The third-order valence-corrected chi connectivity index (χ3v) is 4.18. The van der Waals surface area contributed by atoms with Crippen LogP contribution in [0.5, 0.6) is 23.0 Å². The monoisotopic (exact) mass is 399 g/mol. The number of hydrogen-bond acceptors (Lipinski definition) is 5. The molecule has 1 heterocycles. The lowest BCUT2D eigenvalue weighted by Gasteiger charge is -2.29. The summed E-state index contributed by atoms with van der Waals surface area (Å²) in [4.78, 5) is 0. The summed E-state index contributed by atoms with van der Waals surface area (Å²) in [6, 6.07) is 5.86. The van der Waals surface area contributed by atoms with Crippen molar-refractivity contribution in [1.82, 2.24) is 5.32 Å². The quantitative estimate of drug-likeness (QED) is 0.691. The van der Waals surface area contributed by atoms with Crippen LogP contribution in [0, 0.1) is 5.82 Å². The summed E-state index contributed by atoms with van der Waals surface area (Å²) in [6.07, 6.45) is 0. The van der Waals surface area contributed by atoms with Crippen molar-refractivity contribution in [2.45, 2.75) is 12.5 Å². The van der Waals surface area contributed by atoms with Crippen molar-refractivity contribution in [3.63, 3.8) is 0 Å². The second-order valence-electron chi connectivity index (χ2n) is 5.41. The first-order valence-corrected chi connectivity index (χ1v) is 7.22. The fourth-order valence-corrected chi connectivity index (χ4v) is 3.08. The van der Waals surface area contributed by atoms with Gasteiger partial charge in [0, 0.05) is 36.2 Å². The highest BCUT2D eigenvalue weighted by Crippen LogP contribution is 2.42. The predicted octanol–water partition coefficient (Wildman–Crippen LogP) is 3.07. The van der Waals surface area contributed by atoms with Gasteiger partial charge in [-0.25, -0.2) is 4.39 Å². The van der Waals surface area contributed by atoms with Crippen molar-refractivity contribution in [2.75, 3.05) is 20.8 Å². The second kappa shape index (κ2) is 7.27. The lowest BCUT2D eigenvalue weighted by atomic mass is 9.84. The van der Waals surface area contributed by atoms with Crippen LogP contribution in [-0.4, -0.2) is 31.0 Å². The van der Waals surface area contributed by atoms with Gasteiger partial charge < -0.3 is 25.0 Å². The molecule has 5 nitrogen and oxygen atoms in total. The largest absolute Gasteiger partial charge is 0.504 e. The Morgan fingerprint density at radius 1 is 1.08 bits per heavy atom. The van der Waals surface area contributed by atoms with Crippen molar-refractivity contribution in [3.05, 3.63) is 46.8 Å². The fraction of sp³-hybridized carbons (Fsp3) is 0.294. The molecule has 1 aliphatic rings. The molecule has 1 atom stereocenters. The van der Waals surface area contributed by atoms with Gasteiger partial charge in [0.05, 0.1) is 14.2 Å². The molecular weight excluding hydrogens is 381 g/mol. The van der Waals surface area contributed by atoms with E-state index in [1.165, 1.54) is 6.07 Å². The van der Waals surface area contributed by atoms with Crippen LogP contribution in [-0.2, 0) is 6.54 Å². The molecule has 3 N–H and O–H groups in total. The van der Waals surface area contributed by atoms with E-state index in [9.17, 15) is 14.6 Å². The van der Waals surface area contributed by atoms with Crippen molar-refractivity contribution in [2.24, 2.45) is 0 Å². The van der Waals surface area contributed by atoms with E-state index < -0.39 is 11.6 Å².